The maximum Gasteiger partial charge on any atom is 0.328 e. The van der Waals surface area contributed by atoms with Crippen LogP contribution in [0, 0.1) is 30.9 Å². The zero-order valence-corrected chi connectivity index (χ0v) is 16.1. The van der Waals surface area contributed by atoms with Gasteiger partial charge in [0.05, 0.1) is 5.92 Å². The topological polar surface area (TPSA) is 110 Å². The van der Waals surface area contributed by atoms with Crippen LogP contribution in [0.1, 0.15) is 37.0 Å². The number of nitrogens with zero attached hydrogens (tertiary/aromatic N) is 3. The van der Waals surface area contributed by atoms with Crippen molar-refractivity contribution in [1.82, 2.24) is 20.1 Å². The largest absolute Gasteiger partial charge is 0.711 e. The Bertz CT molecular complexity index is 718. The van der Waals surface area contributed by atoms with Crippen LogP contribution in [-0.4, -0.2) is 48.0 Å². The van der Waals surface area contributed by atoms with Crippen molar-refractivity contribution in [3.8, 4) is 0 Å². The molecule has 1 unspecified atom stereocenters. The van der Waals surface area contributed by atoms with Crippen molar-refractivity contribution in [2.24, 2.45) is 11.8 Å². The quantitative estimate of drug-likeness (QED) is 0.420. The van der Waals surface area contributed by atoms with Crippen molar-refractivity contribution in [2.45, 2.75) is 40.2 Å². The Hall–Kier alpha value is -2.42. The van der Waals surface area contributed by atoms with Crippen LogP contribution in [0.3, 0.4) is 0 Å². The number of imidazole rings is 1. The predicted molar refractivity (Wildman–Crippen MR) is 94.2 cm³/mol. The van der Waals surface area contributed by atoms with Gasteiger partial charge in [-0.15, -0.1) is 0 Å². The third kappa shape index (κ3) is 3.57. The lowest BCUT2D eigenvalue weighted by atomic mass is 9.80. The lowest BCUT2D eigenvalue weighted by Gasteiger charge is -2.29. The average Bonchev–Trinajstić information content (AvgIpc) is 2.72. The Morgan fingerprint density at radius 1 is 1.15 bits per heavy atom. The zero-order chi connectivity index (χ0) is 19.8. The number of carbonyl (C=O) groups excluding carboxylic acids is 3. The van der Waals surface area contributed by atoms with Crippen molar-refractivity contribution in [2.75, 3.05) is 20.6 Å². The van der Waals surface area contributed by atoms with E-state index in [4.69, 9.17) is 0 Å². The van der Waals surface area contributed by atoms with E-state index in [1.165, 1.54) is 0 Å². The maximum absolute atomic E-state index is 12.9. The molecule has 9 heteroatoms. The fraction of sp³-hybridized carbons (Fsp3) is 0.647. The van der Waals surface area contributed by atoms with E-state index in [0.717, 1.165) is 10.4 Å². The minimum absolute atomic E-state index is 0.170. The first-order valence-electron chi connectivity index (χ1n) is 8.65. The van der Waals surface area contributed by atoms with Gasteiger partial charge in [-0.25, -0.2) is 14.1 Å². The molecule has 1 aromatic rings. The van der Waals surface area contributed by atoms with Gasteiger partial charge in [0.25, 0.3) is 5.82 Å². The standard InChI is InChI=1S/C17H27N5O4/c1-9(2)12(13-14(23)18-17(25)19-15(13)24)16-21(8-7-20(5)6)10(3)11(4)22(16)26/h9,12-13H,7-8H2,1-6H3,(H2,18,19,23,24,25). The van der Waals surface area contributed by atoms with E-state index in [-0.39, 0.29) is 5.92 Å². The molecular formula is C17H27N5O4. The molecule has 0 bridgehead atoms. The highest BCUT2D eigenvalue weighted by Crippen LogP contribution is 2.33. The van der Waals surface area contributed by atoms with Gasteiger partial charge < -0.3 is 10.1 Å². The third-order valence-electron chi connectivity index (χ3n) is 4.90. The van der Waals surface area contributed by atoms with Crippen LogP contribution >= 0.6 is 0 Å². The lowest BCUT2D eigenvalue weighted by molar-refractivity contribution is -0.622. The summed E-state index contributed by atoms with van der Waals surface area (Å²) in [6.07, 6.45) is 0. The minimum atomic E-state index is -1.14. The molecule has 4 amide bonds. The van der Waals surface area contributed by atoms with Gasteiger partial charge in [0.1, 0.15) is 23.9 Å². The van der Waals surface area contributed by atoms with E-state index in [1.807, 2.05) is 44.3 Å². The number of imide groups is 2. The second kappa shape index (κ2) is 7.45. The summed E-state index contributed by atoms with van der Waals surface area (Å²) in [7, 11) is 3.87. The molecule has 0 aromatic carbocycles. The molecule has 1 aliphatic heterocycles. The summed E-state index contributed by atoms with van der Waals surface area (Å²) in [5, 5.41) is 17.1. The van der Waals surface area contributed by atoms with Crippen molar-refractivity contribution < 1.29 is 19.1 Å². The number of aromatic nitrogens is 2. The fourth-order valence-electron chi connectivity index (χ4n) is 3.38. The molecule has 1 aliphatic rings. The highest BCUT2D eigenvalue weighted by Gasteiger charge is 2.47. The fourth-order valence-corrected chi connectivity index (χ4v) is 3.38. The molecule has 9 nitrogen and oxygen atoms in total. The maximum atomic E-state index is 12.9. The molecule has 26 heavy (non-hydrogen) atoms. The molecule has 2 heterocycles. The second-order valence-corrected chi connectivity index (χ2v) is 7.33. The summed E-state index contributed by atoms with van der Waals surface area (Å²) >= 11 is 0. The van der Waals surface area contributed by atoms with Gasteiger partial charge in [-0.3, -0.25) is 20.2 Å². The number of likely N-dealkylation sites (N-methyl/N-ethyl adjacent to an activating group) is 1. The Labute approximate surface area is 152 Å². The van der Waals surface area contributed by atoms with Gasteiger partial charge in [0, 0.05) is 20.4 Å². The highest BCUT2D eigenvalue weighted by atomic mass is 16.5. The van der Waals surface area contributed by atoms with Crippen LogP contribution in [0.5, 0.6) is 0 Å². The summed E-state index contributed by atoms with van der Waals surface area (Å²) in [4.78, 5) is 38.2. The average molecular weight is 365 g/mol. The van der Waals surface area contributed by atoms with Crippen molar-refractivity contribution in [3.05, 3.63) is 22.4 Å². The predicted octanol–water partition coefficient (Wildman–Crippen LogP) is 0.0217. The molecule has 0 aliphatic carbocycles. The number of carbonyl (C=O) groups is 3. The summed E-state index contributed by atoms with van der Waals surface area (Å²) < 4.78 is 2.69. The van der Waals surface area contributed by atoms with Gasteiger partial charge in [0.15, 0.2) is 0 Å². The van der Waals surface area contributed by atoms with Gasteiger partial charge >= 0.3 is 6.03 Å². The Morgan fingerprint density at radius 3 is 2.15 bits per heavy atom. The van der Waals surface area contributed by atoms with E-state index in [0.29, 0.717) is 24.6 Å². The van der Waals surface area contributed by atoms with E-state index in [1.54, 1.807) is 6.92 Å². The first kappa shape index (κ1) is 19.9. The van der Waals surface area contributed by atoms with E-state index >= 15 is 0 Å². The van der Waals surface area contributed by atoms with Crippen molar-refractivity contribution in [1.29, 1.82) is 0 Å². The first-order chi connectivity index (χ1) is 12.1. The zero-order valence-electron chi connectivity index (χ0n) is 16.1. The Kier molecular flexibility index (Phi) is 5.70. The molecule has 144 valence electrons. The van der Waals surface area contributed by atoms with Gasteiger partial charge in [0.2, 0.25) is 11.8 Å². The van der Waals surface area contributed by atoms with Crippen molar-refractivity contribution >= 4 is 17.8 Å². The molecule has 1 aromatic heterocycles. The molecule has 1 saturated heterocycles. The van der Waals surface area contributed by atoms with Crippen LogP contribution in [0.25, 0.3) is 0 Å². The van der Waals surface area contributed by atoms with Crippen LogP contribution in [0.15, 0.2) is 0 Å². The highest BCUT2D eigenvalue weighted by molar-refractivity contribution is 6.16. The van der Waals surface area contributed by atoms with E-state index < -0.39 is 29.7 Å². The Balaban J connectivity index is 2.57. The van der Waals surface area contributed by atoms with E-state index in [2.05, 4.69) is 10.6 Å². The van der Waals surface area contributed by atoms with E-state index in [9.17, 15) is 19.6 Å². The second-order valence-electron chi connectivity index (χ2n) is 7.33. The first-order valence-corrected chi connectivity index (χ1v) is 8.65. The van der Waals surface area contributed by atoms with Gasteiger partial charge in [-0.05, 0) is 20.0 Å². The smallest absolute Gasteiger partial charge is 0.328 e. The number of nitrogens with one attached hydrogen (secondary N) is 2. The summed E-state index contributed by atoms with van der Waals surface area (Å²) in [5.41, 5.74) is 1.34. The molecule has 0 radical (unpaired) electrons. The number of hydrogen-bond donors (Lipinski definition) is 2. The summed E-state index contributed by atoms with van der Waals surface area (Å²) in [6.45, 7) is 8.55. The van der Waals surface area contributed by atoms with Crippen LogP contribution < -0.4 is 15.4 Å². The molecule has 1 atom stereocenters. The number of hydrogen-bond acceptors (Lipinski definition) is 5. The molecule has 2 rings (SSSR count). The summed E-state index contributed by atoms with van der Waals surface area (Å²) in [6, 6.07) is -0.830. The van der Waals surface area contributed by atoms with Crippen molar-refractivity contribution in [3.63, 3.8) is 0 Å². The minimum Gasteiger partial charge on any atom is -0.711 e. The van der Waals surface area contributed by atoms with Gasteiger partial charge in [-0.1, -0.05) is 13.8 Å². The lowest BCUT2D eigenvalue weighted by Crippen LogP contribution is -2.58. The SMILES string of the molecule is Cc1c(C)[n+]([O-])c(C(C(C)C)C2C(=O)NC(=O)NC2=O)n1CCN(C)C. The molecule has 2 N–H and O–H groups in total. The number of urea groups is 1. The molecule has 1 fully saturated rings. The van der Waals surface area contributed by atoms with Crippen LogP contribution in [-0.2, 0) is 16.1 Å². The molecule has 0 saturated carbocycles. The molecule has 0 spiro atoms. The summed E-state index contributed by atoms with van der Waals surface area (Å²) in [5.74, 6) is -2.94. The third-order valence-corrected chi connectivity index (χ3v) is 4.90. The van der Waals surface area contributed by atoms with Crippen LogP contribution in [0.4, 0.5) is 4.79 Å². The van der Waals surface area contributed by atoms with Crippen LogP contribution in [0.2, 0.25) is 0 Å². The molecular weight excluding hydrogens is 338 g/mol. The Morgan fingerprint density at radius 2 is 1.69 bits per heavy atom. The monoisotopic (exact) mass is 365 g/mol. The number of amides is 4. The number of barbiturate groups is 1. The van der Waals surface area contributed by atoms with Gasteiger partial charge in [-0.2, -0.15) is 0 Å². The normalized spacial score (nSPS) is 17.0. The number of rotatable bonds is 6.